The molecule has 1 aromatic carbocycles. The molecule has 6 heteroatoms. The fraction of sp³-hybridized carbons (Fsp3) is 0.143. The molecule has 0 saturated carbocycles. The lowest BCUT2D eigenvalue weighted by Crippen LogP contribution is -2.05. The van der Waals surface area contributed by atoms with Crippen LogP contribution in [0.1, 0.15) is 5.69 Å². The Labute approximate surface area is 127 Å². The monoisotopic (exact) mass is 308 g/mol. The number of benzene rings is 1. The summed E-state index contributed by atoms with van der Waals surface area (Å²) in [4.78, 5) is 8.64. The average Bonchev–Trinajstić information content (AvgIpc) is 2.34. The fourth-order valence-electron chi connectivity index (χ4n) is 1.65. The molecule has 2 N–H and O–H groups in total. The van der Waals surface area contributed by atoms with Gasteiger partial charge in [-0.2, -0.15) is 4.98 Å². The third-order valence-corrected chi connectivity index (χ3v) is 2.83. The molecule has 1 aromatic heterocycles. The Hall–Kier alpha value is -1.78. The molecule has 1 heterocycles. The van der Waals surface area contributed by atoms with Gasteiger partial charge in [0, 0.05) is 34.0 Å². The zero-order valence-corrected chi connectivity index (χ0v) is 12.5. The Bertz CT molecular complexity index is 608. The van der Waals surface area contributed by atoms with Crippen LogP contribution in [0.3, 0.4) is 0 Å². The Balaban J connectivity index is 2.23. The molecule has 0 radical (unpaired) electrons. The van der Waals surface area contributed by atoms with E-state index in [9.17, 15) is 0 Å². The number of rotatable bonds is 5. The van der Waals surface area contributed by atoms with Gasteiger partial charge in [-0.25, -0.2) is 4.98 Å². The van der Waals surface area contributed by atoms with Crippen molar-refractivity contribution >= 4 is 40.7 Å². The summed E-state index contributed by atoms with van der Waals surface area (Å²) >= 11 is 11.9. The highest BCUT2D eigenvalue weighted by atomic mass is 35.5. The normalized spacial score (nSPS) is 10.2. The van der Waals surface area contributed by atoms with Crippen molar-refractivity contribution in [3.05, 3.63) is 52.7 Å². The second-order valence-electron chi connectivity index (χ2n) is 4.17. The van der Waals surface area contributed by atoms with Crippen molar-refractivity contribution in [2.24, 2.45) is 0 Å². The number of aryl methyl sites for hydroxylation is 1. The van der Waals surface area contributed by atoms with Crippen LogP contribution < -0.4 is 10.6 Å². The number of nitrogens with one attached hydrogen (secondary N) is 2. The first-order chi connectivity index (χ1) is 9.56. The van der Waals surface area contributed by atoms with Crippen LogP contribution in [0.15, 0.2) is 36.9 Å². The van der Waals surface area contributed by atoms with Crippen LogP contribution in [-0.4, -0.2) is 16.5 Å². The number of nitrogens with zero attached hydrogens (tertiary/aromatic N) is 2. The third-order valence-electron chi connectivity index (χ3n) is 2.39. The molecular weight excluding hydrogens is 295 g/mol. The molecule has 104 valence electrons. The molecule has 0 spiro atoms. The molecule has 0 aliphatic heterocycles. The van der Waals surface area contributed by atoms with E-state index in [0.717, 1.165) is 11.4 Å². The van der Waals surface area contributed by atoms with Crippen LogP contribution in [0.5, 0.6) is 0 Å². The highest BCUT2D eigenvalue weighted by Crippen LogP contribution is 2.25. The van der Waals surface area contributed by atoms with Gasteiger partial charge in [0.25, 0.3) is 0 Å². The van der Waals surface area contributed by atoms with Crippen molar-refractivity contribution in [1.82, 2.24) is 9.97 Å². The van der Waals surface area contributed by atoms with E-state index in [1.807, 2.05) is 13.0 Å². The Morgan fingerprint density at radius 1 is 1.15 bits per heavy atom. The first-order valence-corrected chi connectivity index (χ1v) is 6.76. The Morgan fingerprint density at radius 3 is 2.50 bits per heavy atom. The van der Waals surface area contributed by atoms with Crippen LogP contribution >= 0.6 is 23.2 Å². The van der Waals surface area contributed by atoms with E-state index in [4.69, 9.17) is 23.2 Å². The van der Waals surface area contributed by atoms with Gasteiger partial charge in [0.2, 0.25) is 5.95 Å². The van der Waals surface area contributed by atoms with Gasteiger partial charge in [0.1, 0.15) is 5.82 Å². The van der Waals surface area contributed by atoms with Crippen molar-refractivity contribution in [1.29, 1.82) is 0 Å². The highest BCUT2D eigenvalue weighted by molar-refractivity contribution is 6.35. The van der Waals surface area contributed by atoms with Crippen molar-refractivity contribution in [3.8, 4) is 0 Å². The Morgan fingerprint density at radius 2 is 1.85 bits per heavy atom. The summed E-state index contributed by atoms with van der Waals surface area (Å²) in [6.45, 7) is 6.15. The molecule has 0 atom stereocenters. The van der Waals surface area contributed by atoms with Gasteiger partial charge in [-0.05, 0) is 25.1 Å². The minimum Gasteiger partial charge on any atom is -0.351 e. The predicted molar refractivity (Wildman–Crippen MR) is 85.2 cm³/mol. The number of anilines is 3. The molecule has 0 unspecified atom stereocenters. The van der Waals surface area contributed by atoms with Crippen LogP contribution in [0.4, 0.5) is 17.5 Å². The van der Waals surface area contributed by atoms with E-state index in [1.165, 1.54) is 0 Å². The van der Waals surface area contributed by atoms with E-state index in [0.29, 0.717) is 28.4 Å². The lowest BCUT2D eigenvalue weighted by Gasteiger charge is -2.09. The second-order valence-corrected chi connectivity index (χ2v) is 5.04. The first-order valence-electron chi connectivity index (χ1n) is 6.00. The molecule has 0 bridgehead atoms. The Kier molecular flexibility index (Phi) is 4.82. The van der Waals surface area contributed by atoms with Crippen LogP contribution in [0.25, 0.3) is 0 Å². The van der Waals surface area contributed by atoms with Gasteiger partial charge in [-0.15, -0.1) is 6.58 Å². The molecule has 0 fully saturated rings. The van der Waals surface area contributed by atoms with Crippen molar-refractivity contribution in [2.45, 2.75) is 6.92 Å². The van der Waals surface area contributed by atoms with Gasteiger partial charge in [0.15, 0.2) is 0 Å². The lowest BCUT2D eigenvalue weighted by molar-refractivity contribution is 1.08. The number of aromatic nitrogens is 2. The molecule has 4 nitrogen and oxygen atoms in total. The van der Waals surface area contributed by atoms with Crippen LogP contribution in [-0.2, 0) is 0 Å². The van der Waals surface area contributed by atoms with E-state index in [1.54, 1.807) is 24.3 Å². The highest BCUT2D eigenvalue weighted by Gasteiger charge is 2.04. The minimum absolute atomic E-state index is 0.542. The molecule has 20 heavy (non-hydrogen) atoms. The summed E-state index contributed by atoms with van der Waals surface area (Å²) in [6, 6.07) is 7.08. The van der Waals surface area contributed by atoms with Crippen molar-refractivity contribution in [3.63, 3.8) is 0 Å². The topological polar surface area (TPSA) is 49.8 Å². The molecule has 0 saturated heterocycles. The lowest BCUT2D eigenvalue weighted by atomic mass is 10.3. The zero-order valence-electron chi connectivity index (χ0n) is 11.0. The number of halogens is 2. The van der Waals surface area contributed by atoms with E-state index in [-0.39, 0.29) is 0 Å². The summed E-state index contributed by atoms with van der Waals surface area (Å²) < 4.78 is 0. The summed E-state index contributed by atoms with van der Waals surface area (Å²) in [5, 5.41) is 7.34. The summed E-state index contributed by atoms with van der Waals surface area (Å²) in [6.07, 6.45) is 1.75. The first kappa shape index (κ1) is 14.6. The summed E-state index contributed by atoms with van der Waals surface area (Å²) in [7, 11) is 0. The quantitative estimate of drug-likeness (QED) is 0.802. The smallest absolute Gasteiger partial charge is 0.225 e. The van der Waals surface area contributed by atoms with Crippen molar-refractivity contribution < 1.29 is 0 Å². The maximum Gasteiger partial charge on any atom is 0.225 e. The SMILES string of the molecule is C=CCNc1nc(C)cc(Nc2cc(Cl)cc(Cl)c2)n1. The molecule has 0 amide bonds. The number of hydrogen-bond acceptors (Lipinski definition) is 4. The molecule has 0 aliphatic carbocycles. The maximum absolute atomic E-state index is 5.97. The molecular formula is C14H14Cl2N4. The molecule has 0 aliphatic rings. The minimum atomic E-state index is 0.542. The van der Waals surface area contributed by atoms with Gasteiger partial charge >= 0.3 is 0 Å². The predicted octanol–water partition coefficient (Wildman–Crippen LogP) is 4.43. The third kappa shape index (κ3) is 4.11. The van der Waals surface area contributed by atoms with E-state index >= 15 is 0 Å². The van der Waals surface area contributed by atoms with Crippen LogP contribution in [0.2, 0.25) is 10.0 Å². The summed E-state index contributed by atoms with van der Waals surface area (Å²) in [5.74, 6) is 1.21. The van der Waals surface area contributed by atoms with Gasteiger partial charge in [-0.1, -0.05) is 29.3 Å². The van der Waals surface area contributed by atoms with E-state index in [2.05, 4.69) is 27.2 Å². The second kappa shape index (κ2) is 6.59. The summed E-state index contributed by atoms with van der Waals surface area (Å²) in [5.41, 5.74) is 1.62. The van der Waals surface area contributed by atoms with Gasteiger partial charge in [-0.3, -0.25) is 0 Å². The average molecular weight is 309 g/mol. The standard InChI is InChI=1S/C14H14Cl2N4/c1-3-4-17-14-18-9(2)5-13(20-14)19-12-7-10(15)6-11(16)8-12/h3,5-8H,1,4H2,2H3,(H2,17,18,19,20). The molecule has 2 aromatic rings. The fourth-order valence-corrected chi connectivity index (χ4v) is 2.18. The molecule has 2 rings (SSSR count). The zero-order chi connectivity index (χ0) is 14.5. The van der Waals surface area contributed by atoms with Crippen LogP contribution in [0, 0.1) is 6.92 Å². The largest absolute Gasteiger partial charge is 0.351 e. The number of hydrogen-bond donors (Lipinski definition) is 2. The maximum atomic E-state index is 5.97. The van der Waals surface area contributed by atoms with Gasteiger partial charge < -0.3 is 10.6 Å². The van der Waals surface area contributed by atoms with E-state index < -0.39 is 0 Å². The van der Waals surface area contributed by atoms with Gasteiger partial charge in [0.05, 0.1) is 0 Å². The van der Waals surface area contributed by atoms with Crippen molar-refractivity contribution in [2.75, 3.05) is 17.2 Å².